The maximum Gasteiger partial charge on any atom is 0.387 e. The van der Waals surface area contributed by atoms with Gasteiger partial charge in [0.2, 0.25) is 0 Å². The molecule has 2 aromatic carbocycles. The van der Waals surface area contributed by atoms with Crippen LogP contribution >= 0.6 is 0 Å². The van der Waals surface area contributed by atoms with Crippen LogP contribution in [0.2, 0.25) is 0 Å². The normalized spacial score (nSPS) is 22.3. The molecule has 1 aliphatic heterocycles. The van der Waals surface area contributed by atoms with Crippen LogP contribution in [0.1, 0.15) is 42.4 Å². The van der Waals surface area contributed by atoms with E-state index < -0.39 is 18.1 Å². The molecule has 0 aromatic heterocycles. The molecule has 1 saturated carbocycles. The van der Waals surface area contributed by atoms with Gasteiger partial charge in [0.1, 0.15) is 5.75 Å². The number of carboxylic acid groups (broad SMARTS) is 1. The summed E-state index contributed by atoms with van der Waals surface area (Å²) >= 11 is 0. The summed E-state index contributed by atoms with van der Waals surface area (Å²) in [5, 5.41) is 9.19. The number of likely N-dealkylation sites (N-methyl/N-ethyl adjacent to an activating group) is 1. The number of halogens is 2. The first-order chi connectivity index (χ1) is 15.6. The van der Waals surface area contributed by atoms with Gasteiger partial charge in [-0.15, -0.1) is 0 Å². The number of carboxylic acids is 1. The lowest BCUT2D eigenvalue weighted by Crippen LogP contribution is -2.41. The minimum absolute atomic E-state index is 0.0315. The Balaban J connectivity index is 1.73. The Morgan fingerprint density at radius 3 is 2.42 bits per heavy atom. The Kier molecular flexibility index (Phi) is 5.65. The van der Waals surface area contributed by atoms with Crippen LogP contribution in [-0.2, 0) is 15.1 Å². The monoisotopic (exact) mass is 455 g/mol. The Morgan fingerprint density at radius 2 is 1.88 bits per heavy atom. The van der Waals surface area contributed by atoms with Gasteiger partial charge in [-0.25, -0.2) is 9.79 Å². The molecule has 0 bridgehead atoms. The van der Waals surface area contributed by atoms with Crippen LogP contribution in [0.3, 0.4) is 0 Å². The molecule has 1 atom stereocenters. The Labute approximate surface area is 189 Å². The number of aliphatic carboxylic acids is 1. The number of alkyl halides is 2. The lowest BCUT2D eigenvalue weighted by molar-refractivity contribution is -0.132. The third kappa shape index (κ3) is 3.83. The van der Waals surface area contributed by atoms with E-state index in [1.165, 1.54) is 36.2 Å². The smallest absolute Gasteiger partial charge is 0.387 e. The molecule has 1 aliphatic carbocycles. The lowest BCUT2D eigenvalue weighted by Gasteiger charge is -2.32. The Hall–Kier alpha value is -3.75. The highest BCUT2D eigenvalue weighted by molar-refractivity contribution is 6.08. The molecular formula is C24H23F2N3O4. The van der Waals surface area contributed by atoms with Gasteiger partial charge in [-0.1, -0.05) is 42.0 Å². The Morgan fingerprint density at radius 1 is 1.21 bits per heavy atom. The zero-order valence-corrected chi connectivity index (χ0v) is 18.1. The summed E-state index contributed by atoms with van der Waals surface area (Å²) in [6, 6.07) is 13.2. The van der Waals surface area contributed by atoms with Crippen LogP contribution in [0.5, 0.6) is 5.75 Å². The molecule has 2 aromatic rings. The van der Waals surface area contributed by atoms with Crippen LogP contribution in [0, 0.1) is 0 Å². The summed E-state index contributed by atoms with van der Waals surface area (Å²) in [6.45, 7) is -1.36. The fourth-order valence-electron chi connectivity index (χ4n) is 4.31. The fraction of sp³-hybridized carbons (Fsp3) is 0.292. The van der Waals surface area contributed by atoms with E-state index in [4.69, 9.17) is 5.73 Å². The number of rotatable bonds is 6. The van der Waals surface area contributed by atoms with Gasteiger partial charge >= 0.3 is 12.6 Å². The van der Waals surface area contributed by atoms with Gasteiger partial charge < -0.3 is 15.6 Å². The van der Waals surface area contributed by atoms with Gasteiger partial charge in [-0.05, 0) is 54.5 Å². The number of ether oxygens (including phenoxy) is 1. The number of hydrogen-bond donors (Lipinski definition) is 2. The number of guanidine groups is 1. The molecule has 1 fully saturated rings. The number of nitrogens with zero attached hydrogens (tertiary/aromatic N) is 2. The zero-order chi connectivity index (χ0) is 23.9. The fourth-order valence-corrected chi connectivity index (χ4v) is 4.31. The zero-order valence-electron chi connectivity index (χ0n) is 18.1. The van der Waals surface area contributed by atoms with E-state index in [0.717, 1.165) is 11.1 Å². The van der Waals surface area contributed by atoms with E-state index in [0.29, 0.717) is 29.5 Å². The van der Waals surface area contributed by atoms with Crippen molar-refractivity contribution in [2.45, 2.75) is 37.8 Å². The van der Waals surface area contributed by atoms with Crippen molar-refractivity contribution in [2.75, 3.05) is 7.05 Å². The van der Waals surface area contributed by atoms with Crippen LogP contribution < -0.4 is 10.5 Å². The molecule has 1 heterocycles. The molecule has 1 amide bonds. The number of allylic oxidation sites excluding steroid dienone is 1. The molecule has 172 valence electrons. The average Bonchev–Trinajstić information content (AvgIpc) is 2.98. The van der Waals surface area contributed by atoms with Crippen molar-refractivity contribution in [3.63, 3.8) is 0 Å². The van der Waals surface area contributed by atoms with Crippen molar-refractivity contribution in [3.05, 3.63) is 76.4 Å². The molecule has 3 N–H and O–H groups in total. The lowest BCUT2D eigenvalue weighted by atomic mass is 9.72. The van der Waals surface area contributed by atoms with E-state index in [2.05, 4.69) is 9.73 Å². The topological polar surface area (TPSA) is 105 Å². The average molecular weight is 455 g/mol. The minimum Gasteiger partial charge on any atom is -0.478 e. The third-order valence-electron chi connectivity index (χ3n) is 6.35. The van der Waals surface area contributed by atoms with Gasteiger partial charge in [0.25, 0.3) is 5.91 Å². The number of carbonyl (C=O) groups excluding carboxylic acids is 1. The van der Waals surface area contributed by atoms with Crippen molar-refractivity contribution in [2.24, 2.45) is 10.7 Å². The number of amides is 1. The molecule has 2 aliphatic rings. The molecule has 7 nitrogen and oxygen atoms in total. The second-order valence-corrected chi connectivity index (χ2v) is 8.21. The summed E-state index contributed by atoms with van der Waals surface area (Å²) < 4.78 is 29.5. The van der Waals surface area contributed by atoms with E-state index in [-0.39, 0.29) is 23.5 Å². The maximum atomic E-state index is 13.4. The summed E-state index contributed by atoms with van der Waals surface area (Å²) in [5.74, 6) is -1.14. The number of hydrogen-bond acceptors (Lipinski definition) is 5. The second-order valence-electron chi connectivity index (χ2n) is 8.21. The maximum absolute atomic E-state index is 13.4. The van der Waals surface area contributed by atoms with Crippen molar-refractivity contribution < 1.29 is 28.2 Å². The highest BCUT2D eigenvalue weighted by Gasteiger charge is 2.49. The van der Waals surface area contributed by atoms with Crippen LogP contribution in [0.25, 0.3) is 0 Å². The first-order valence-electron chi connectivity index (χ1n) is 10.3. The van der Waals surface area contributed by atoms with Gasteiger partial charge in [-0.3, -0.25) is 9.69 Å². The third-order valence-corrected chi connectivity index (χ3v) is 6.35. The summed E-state index contributed by atoms with van der Waals surface area (Å²) in [6.07, 6.45) is 1.26. The molecule has 4 rings (SSSR count). The SMILES string of the molecule is CC(C(=O)O)=C1CC(c2cccc(C3(c4ccc(OC(F)F)cc4)N=C(N)N(C)C3=O)c2)C1. The van der Waals surface area contributed by atoms with Crippen molar-refractivity contribution >= 4 is 17.8 Å². The molecule has 9 heteroatoms. The second kappa shape index (κ2) is 8.31. The Bertz CT molecular complexity index is 1170. The molecule has 0 saturated heterocycles. The number of aliphatic imine (C=N–C) groups is 1. The highest BCUT2D eigenvalue weighted by atomic mass is 19.3. The molecule has 0 radical (unpaired) electrons. The van der Waals surface area contributed by atoms with Crippen molar-refractivity contribution in [1.82, 2.24) is 4.90 Å². The molecule has 1 unspecified atom stereocenters. The summed E-state index contributed by atoms with van der Waals surface area (Å²) in [4.78, 5) is 30.4. The predicted molar refractivity (Wildman–Crippen MR) is 117 cm³/mol. The largest absolute Gasteiger partial charge is 0.478 e. The number of nitrogens with two attached hydrogens (primary N) is 1. The quantitative estimate of drug-likeness (QED) is 0.648. The standard InChI is InChI=1S/C24H23F2N3O4/c1-13(20(30)31)15-10-16(11-15)14-4-3-5-18(12-14)24(21(32)29(2)23(27)28-24)17-6-8-19(9-7-17)33-22(25)26/h3-9,12,16,22H,10-11H2,1-2H3,(H2,27,28)(H,30,31). The molecule has 33 heavy (non-hydrogen) atoms. The van der Waals surface area contributed by atoms with Gasteiger partial charge in [0, 0.05) is 12.6 Å². The first-order valence-corrected chi connectivity index (χ1v) is 10.3. The van der Waals surface area contributed by atoms with E-state index in [1.807, 2.05) is 18.2 Å². The van der Waals surface area contributed by atoms with Gasteiger partial charge in [-0.2, -0.15) is 8.78 Å². The summed E-state index contributed by atoms with van der Waals surface area (Å²) in [5.41, 5.74) is 7.83. The number of carbonyl (C=O) groups is 2. The van der Waals surface area contributed by atoms with E-state index in [1.54, 1.807) is 13.0 Å². The van der Waals surface area contributed by atoms with Crippen LogP contribution in [0.15, 0.2) is 64.7 Å². The molecular weight excluding hydrogens is 432 g/mol. The molecule has 0 spiro atoms. The predicted octanol–water partition coefficient (Wildman–Crippen LogP) is 3.60. The summed E-state index contributed by atoms with van der Waals surface area (Å²) in [7, 11) is 1.53. The van der Waals surface area contributed by atoms with Crippen LogP contribution in [0.4, 0.5) is 8.78 Å². The van der Waals surface area contributed by atoms with E-state index in [9.17, 15) is 23.5 Å². The first kappa shape index (κ1) is 22.4. The number of benzene rings is 2. The highest BCUT2D eigenvalue weighted by Crippen LogP contribution is 2.45. The van der Waals surface area contributed by atoms with E-state index >= 15 is 0 Å². The van der Waals surface area contributed by atoms with Crippen LogP contribution in [-0.4, -0.2) is 41.5 Å². The van der Waals surface area contributed by atoms with Crippen molar-refractivity contribution in [3.8, 4) is 5.75 Å². The van der Waals surface area contributed by atoms with Crippen molar-refractivity contribution in [1.29, 1.82) is 0 Å². The van der Waals surface area contributed by atoms with Gasteiger partial charge in [0.05, 0.1) is 0 Å². The van der Waals surface area contributed by atoms with Gasteiger partial charge in [0.15, 0.2) is 11.5 Å². The minimum atomic E-state index is -2.96.